The van der Waals surface area contributed by atoms with Gasteiger partial charge in [0, 0.05) is 55.7 Å². The number of hydrogen-bond donors (Lipinski definition) is 0. The molecule has 0 N–H and O–H groups in total. The van der Waals surface area contributed by atoms with Crippen molar-refractivity contribution in [2.24, 2.45) is 5.92 Å². The summed E-state index contributed by atoms with van der Waals surface area (Å²) in [6.07, 6.45) is 2.20. The average Bonchev–Trinajstić information content (AvgIpc) is 2.83. The Morgan fingerprint density at radius 3 is 2.91 bits per heavy atom. The minimum Gasteiger partial charge on any atom is -0.380 e. The van der Waals surface area contributed by atoms with Gasteiger partial charge in [-0.1, -0.05) is 12.1 Å². The molecule has 126 valence electrons. The molecule has 1 unspecified atom stereocenters. The van der Waals surface area contributed by atoms with Gasteiger partial charge in [-0.05, 0) is 38.7 Å². The summed E-state index contributed by atoms with van der Waals surface area (Å²) in [5.41, 5.74) is 2.78. The third-order valence-electron chi connectivity index (χ3n) is 4.68. The van der Waals surface area contributed by atoms with E-state index in [4.69, 9.17) is 4.74 Å². The standard InChI is InChI=1S/C19H29N3O/c1-4-22-9-8-18-17(6-5-7-19(18)22)14-21-10-11-23-15-16(13-21)12-20(2)3/h5-9,16H,4,10-15H2,1-3H3. The van der Waals surface area contributed by atoms with Crippen molar-refractivity contribution in [3.05, 3.63) is 36.0 Å². The van der Waals surface area contributed by atoms with Crippen LogP contribution >= 0.6 is 0 Å². The number of rotatable bonds is 5. The van der Waals surface area contributed by atoms with Crippen LogP contribution in [0.4, 0.5) is 0 Å². The Labute approximate surface area is 139 Å². The van der Waals surface area contributed by atoms with Crippen LogP contribution in [0.3, 0.4) is 0 Å². The molecule has 0 radical (unpaired) electrons. The van der Waals surface area contributed by atoms with Crippen molar-refractivity contribution < 1.29 is 4.74 Å². The maximum absolute atomic E-state index is 5.81. The first-order valence-corrected chi connectivity index (χ1v) is 8.69. The molecule has 3 rings (SSSR count). The second-order valence-corrected chi connectivity index (χ2v) is 6.89. The fraction of sp³-hybridized carbons (Fsp3) is 0.579. The molecule has 1 aliphatic rings. The number of hydrogen-bond acceptors (Lipinski definition) is 3. The van der Waals surface area contributed by atoms with Gasteiger partial charge in [0.2, 0.25) is 0 Å². The van der Waals surface area contributed by atoms with Gasteiger partial charge in [-0.3, -0.25) is 4.90 Å². The SMILES string of the molecule is CCn1ccc2c(CN3CCOCC(CN(C)C)C3)cccc21. The Bertz CT molecular complexity index is 635. The highest BCUT2D eigenvalue weighted by molar-refractivity contribution is 5.83. The lowest BCUT2D eigenvalue weighted by atomic mass is 10.1. The van der Waals surface area contributed by atoms with Crippen molar-refractivity contribution in [3.63, 3.8) is 0 Å². The molecular formula is C19H29N3O. The molecular weight excluding hydrogens is 286 g/mol. The van der Waals surface area contributed by atoms with E-state index in [-0.39, 0.29) is 0 Å². The van der Waals surface area contributed by atoms with Crippen molar-refractivity contribution in [1.82, 2.24) is 14.4 Å². The molecule has 0 amide bonds. The number of aromatic nitrogens is 1. The highest BCUT2D eigenvalue weighted by atomic mass is 16.5. The number of nitrogens with zero attached hydrogens (tertiary/aromatic N) is 3. The Morgan fingerprint density at radius 2 is 2.13 bits per heavy atom. The molecule has 0 spiro atoms. The lowest BCUT2D eigenvalue weighted by Gasteiger charge is -2.25. The van der Waals surface area contributed by atoms with Gasteiger partial charge in [-0.15, -0.1) is 0 Å². The van der Waals surface area contributed by atoms with E-state index in [0.717, 1.165) is 45.9 Å². The Kier molecular flexibility index (Phi) is 5.36. The molecule has 4 heteroatoms. The first-order valence-electron chi connectivity index (χ1n) is 8.69. The Hall–Kier alpha value is -1.36. The van der Waals surface area contributed by atoms with Crippen molar-refractivity contribution in [1.29, 1.82) is 0 Å². The van der Waals surface area contributed by atoms with Gasteiger partial charge in [0.1, 0.15) is 0 Å². The molecule has 1 aromatic heterocycles. The van der Waals surface area contributed by atoms with Crippen LogP contribution in [0.5, 0.6) is 0 Å². The normalized spacial score (nSPS) is 20.3. The van der Waals surface area contributed by atoms with E-state index >= 15 is 0 Å². The fourth-order valence-electron chi connectivity index (χ4n) is 3.66. The van der Waals surface area contributed by atoms with Crippen molar-refractivity contribution in [2.75, 3.05) is 46.9 Å². The van der Waals surface area contributed by atoms with Crippen LogP contribution in [0.25, 0.3) is 10.9 Å². The maximum atomic E-state index is 5.81. The molecule has 1 aliphatic heterocycles. The molecule has 1 saturated heterocycles. The Balaban J connectivity index is 1.76. The molecule has 4 nitrogen and oxygen atoms in total. The highest BCUT2D eigenvalue weighted by Crippen LogP contribution is 2.22. The number of fused-ring (bicyclic) bond motifs is 1. The van der Waals surface area contributed by atoms with Crippen molar-refractivity contribution >= 4 is 10.9 Å². The summed E-state index contributed by atoms with van der Waals surface area (Å²) in [7, 11) is 4.28. The average molecular weight is 315 g/mol. The summed E-state index contributed by atoms with van der Waals surface area (Å²) < 4.78 is 8.13. The predicted octanol–water partition coefficient (Wildman–Crippen LogP) is 2.67. The zero-order chi connectivity index (χ0) is 16.2. The summed E-state index contributed by atoms with van der Waals surface area (Å²) in [6.45, 7) is 9.18. The number of aryl methyl sites for hydroxylation is 1. The maximum Gasteiger partial charge on any atom is 0.0593 e. The van der Waals surface area contributed by atoms with Gasteiger partial charge < -0.3 is 14.2 Å². The lowest BCUT2D eigenvalue weighted by molar-refractivity contribution is 0.112. The smallest absolute Gasteiger partial charge is 0.0593 e. The molecule has 0 bridgehead atoms. The topological polar surface area (TPSA) is 20.6 Å². The third-order valence-corrected chi connectivity index (χ3v) is 4.68. The van der Waals surface area contributed by atoms with Gasteiger partial charge in [0.05, 0.1) is 13.2 Å². The highest BCUT2D eigenvalue weighted by Gasteiger charge is 2.20. The molecule has 1 aromatic carbocycles. The summed E-state index contributed by atoms with van der Waals surface area (Å²) in [4.78, 5) is 4.82. The minimum absolute atomic E-state index is 0.590. The van der Waals surface area contributed by atoms with Crippen LogP contribution in [0, 0.1) is 5.92 Å². The molecule has 1 fully saturated rings. The van der Waals surface area contributed by atoms with E-state index in [0.29, 0.717) is 5.92 Å². The van der Waals surface area contributed by atoms with E-state index in [2.05, 4.69) is 65.8 Å². The first-order chi connectivity index (χ1) is 11.2. The van der Waals surface area contributed by atoms with E-state index in [1.54, 1.807) is 0 Å². The zero-order valence-electron chi connectivity index (χ0n) is 14.7. The monoisotopic (exact) mass is 315 g/mol. The second-order valence-electron chi connectivity index (χ2n) is 6.89. The zero-order valence-corrected chi connectivity index (χ0v) is 14.7. The van der Waals surface area contributed by atoms with Crippen LogP contribution in [0.1, 0.15) is 12.5 Å². The van der Waals surface area contributed by atoms with Gasteiger partial charge in [0.25, 0.3) is 0 Å². The van der Waals surface area contributed by atoms with E-state index in [9.17, 15) is 0 Å². The van der Waals surface area contributed by atoms with E-state index in [1.165, 1.54) is 16.5 Å². The van der Waals surface area contributed by atoms with Gasteiger partial charge in [0.15, 0.2) is 0 Å². The minimum atomic E-state index is 0.590. The first kappa shape index (κ1) is 16.5. The summed E-state index contributed by atoms with van der Waals surface area (Å²) in [6, 6.07) is 8.95. The predicted molar refractivity (Wildman–Crippen MR) is 95.8 cm³/mol. The molecule has 0 saturated carbocycles. The number of benzene rings is 1. The van der Waals surface area contributed by atoms with Crippen LogP contribution < -0.4 is 0 Å². The van der Waals surface area contributed by atoms with Crippen LogP contribution in [0.2, 0.25) is 0 Å². The summed E-state index contributed by atoms with van der Waals surface area (Å²) in [5.74, 6) is 0.590. The van der Waals surface area contributed by atoms with Crippen molar-refractivity contribution in [3.8, 4) is 0 Å². The fourth-order valence-corrected chi connectivity index (χ4v) is 3.66. The summed E-state index contributed by atoms with van der Waals surface area (Å²) in [5, 5.41) is 1.39. The summed E-state index contributed by atoms with van der Waals surface area (Å²) >= 11 is 0. The third kappa shape index (κ3) is 3.94. The van der Waals surface area contributed by atoms with Crippen molar-refractivity contribution in [2.45, 2.75) is 20.0 Å². The number of ether oxygens (including phenoxy) is 1. The molecule has 1 atom stereocenters. The largest absolute Gasteiger partial charge is 0.380 e. The molecule has 0 aliphatic carbocycles. The quantitative estimate of drug-likeness (QED) is 0.846. The molecule has 2 heterocycles. The van der Waals surface area contributed by atoms with E-state index in [1.807, 2.05) is 0 Å². The second kappa shape index (κ2) is 7.47. The van der Waals surface area contributed by atoms with Crippen LogP contribution in [-0.2, 0) is 17.8 Å². The van der Waals surface area contributed by atoms with Gasteiger partial charge in [-0.2, -0.15) is 0 Å². The lowest BCUT2D eigenvalue weighted by Crippen LogP contribution is -2.34. The van der Waals surface area contributed by atoms with E-state index < -0.39 is 0 Å². The Morgan fingerprint density at radius 1 is 1.26 bits per heavy atom. The molecule has 2 aromatic rings. The molecule has 23 heavy (non-hydrogen) atoms. The van der Waals surface area contributed by atoms with Gasteiger partial charge in [-0.25, -0.2) is 0 Å². The van der Waals surface area contributed by atoms with Crippen LogP contribution in [0.15, 0.2) is 30.5 Å². The van der Waals surface area contributed by atoms with Crippen LogP contribution in [-0.4, -0.2) is 61.3 Å². The van der Waals surface area contributed by atoms with Gasteiger partial charge >= 0.3 is 0 Å².